The van der Waals surface area contributed by atoms with Crippen LogP contribution in [0.5, 0.6) is 0 Å². The fourth-order valence-corrected chi connectivity index (χ4v) is 4.25. The van der Waals surface area contributed by atoms with Gasteiger partial charge in [0.05, 0.1) is 30.3 Å². The lowest BCUT2D eigenvalue weighted by atomic mass is 10.00. The van der Waals surface area contributed by atoms with Crippen molar-refractivity contribution in [2.24, 2.45) is 0 Å². The second-order valence-electron chi connectivity index (χ2n) is 8.08. The van der Waals surface area contributed by atoms with Gasteiger partial charge in [-0.05, 0) is 36.8 Å². The molecule has 1 aromatic heterocycles. The van der Waals surface area contributed by atoms with Crippen molar-refractivity contribution in [3.05, 3.63) is 102 Å². The van der Waals surface area contributed by atoms with E-state index in [1.807, 2.05) is 92.0 Å². The van der Waals surface area contributed by atoms with Gasteiger partial charge in [0.15, 0.2) is 0 Å². The van der Waals surface area contributed by atoms with E-state index in [2.05, 4.69) is 11.4 Å². The highest BCUT2D eigenvalue weighted by molar-refractivity contribution is 6.12. The number of aryl methyl sites for hydroxylation is 2. The first-order valence-corrected chi connectivity index (χ1v) is 10.9. The second kappa shape index (κ2) is 8.64. The quantitative estimate of drug-likeness (QED) is 0.448. The first-order valence-electron chi connectivity index (χ1n) is 10.9. The van der Waals surface area contributed by atoms with Crippen LogP contribution in [0.25, 0.3) is 11.3 Å². The number of para-hydroxylation sites is 1. The lowest BCUT2D eigenvalue weighted by Gasteiger charge is -2.38. The highest BCUT2D eigenvalue weighted by Crippen LogP contribution is 2.39. The van der Waals surface area contributed by atoms with Crippen LogP contribution in [0.15, 0.2) is 85.1 Å². The van der Waals surface area contributed by atoms with Crippen LogP contribution >= 0.6 is 0 Å². The molecular weight excluding hydrogens is 410 g/mol. The molecule has 0 saturated carbocycles. The predicted molar refractivity (Wildman–Crippen MR) is 129 cm³/mol. The molecule has 4 aromatic rings. The van der Waals surface area contributed by atoms with E-state index in [0.29, 0.717) is 18.5 Å². The molecule has 6 nitrogen and oxygen atoms in total. The van der Waals surface area contributed by atoms with Crippen molar-refractivity contribution in [1.82, 2.24) is 9.78 Å². The third-order valence-electron chi connectivity index (χ3n) is 5.79. The van der Waals surface area contributed by atoms with E-state index in [1.54, 1.807) is 9.58 Å². The number of aromatic nitrogens is 2. The summed E-state index contributed by atoms with van der Waals surface area (Å²) < 4.78 is 1.79. The van der Waals surface area contributed by atoms with E-state index in [1.165, 1.54) is 0 Å². The topological polar surface area (TPSA) is 74.0 Å². The number of hydrogen-bond acceptors (Lipinski definition) is 4. The van der Waals surface area contributed by atoms with E-state index < -0.39 is 6.17 Å². The van der Waals surface area contributed by atoms with Crippen molar-refractivity contribution in [3.8, 4) is 17.3 Å². The molecule has 1 unspecified atom stereocenters. The number of fused-ring (bicyclic) bond motifs is 1. The first kappa shape index (κ1) is 20.5. The summed E-state index contributed by atoms with van der Waals surface area (Å²) in [4.78, 5) is 15.6. The molecule has 0 fully saturated rings. The maximum atomic E-state index is 13.8. The minimum atomic E-state index is -0.458. The van der Waals surface area contributed by atoms with Crippen LogP contribution in [-0.2, 0) is 6.54 Å². The van der Waals surface area contributed by atoms with E-state index in [-0.39, 0.29) is 5.91 Å². The maximum absolute atomic E-state index is 13.8. The molecular formula is C27H23N5O. The highest BCUT2D eigenvalue weighted by Gasteiger charge is 2.36. The van der Waals surface area contributed by atoms with Gasteiger partial charge in [-0.2, -0.15) is 10.4 Å². The number of amides is 1. The molecule has 3 aromatic carbocycles. The lowest BCUT2D eigenvalue weighted by Crippen LogP contribution is -2.43. The van der Waals surface area contributed by atoms with Gasteiger partial charge in [-0.1, -0.05) is 54.6 Å². The molecule has 0 aliphatic carbocycles. The van der Waals surface area contributed by atoms with Gasteiger partial charge in [-0.15, -0.1) is 0 Å². The Bertz CT molecular complexity index is 1350. The Kier molecular flexibility index (Phi) is 5.37. The normalized spacial score (nSPS) is 15.0. The molecule has 5 rings (SSSR count). The maximum Gasteiger partial charge on any atom is 0.262 e. The molecule has 6 heteroatoms. The van der Waals surface area contributed by atoms with Gasteiger partial charge in [-0.25, -0.2) is 0 Å². The smallest absolute Gasteiger partial charge is 0.262 e. The molecule has 0 bridgehead atoms. The zero-order valence-corrected chi connectivity index (χ0v) is 18.3. The molecule has 1 aliphatic heterocycles. The number of nitriles is 1. The monoisotopic (exact) mass is 433 g/mol. The van der Waals surface area contributed by atoms with Gasteiger partial charge in [-0.3, -0.25) is 14.4 Å². The fourth-order valence-electron chi connectivity index (χ4n) is 4.25. The predicted octanol–water partition coefficient (Wildman–Crippen LogP) is 5.54. The van der Waals surface area contributed by atoms with Crippen molar-refractivity contribution in [3.63, 3.8) is 0 Å². The minimum absolute atomic E-state index is 0.0660. The molecule has 0 radical (unpaired) electrons. The summed E-state index contributed by atoms with van der Waals surface area (Å²) in [7, 11) is 0. The number of anilines is 2. The summed E-state index contributed by atoms with van der Waals surface area (Å²) in [6.07, 6.45) is 1.85. The third-order valence-corrected chi connectivity index (χ3v) is 5.79. The van der Waals surface area contributed by atoms with Gasteiger partial charge in [0.2, 0.25) is 0 Å². The number of nitrogens with one attached hydrogen (secondary N) is 1. The Hall–Kier alpha value is -4.37. The molecule has 2 heterocycles. The van der Waals surface area contributed by atoms with Crippen LogP contribution in [0.2, 0.25) is 0 Å². The SMILES string of the molecule is Cc1cccc(N2C(=O)c3ccccc3NC2c2cn(CCC#N)nc2-c2ccccc2)c1. The molecule has 33 heavy (non-hydrogen) atoms. The van der Waals surface area contributed by atoms with Crippen molar-refractivity contribution >= 4 is 17.3 Å². The summed E-state index contributed by atoms with van der Waals surface area (Å²) in [5, 5.41) is 17.5. The van der Waals surface area contributed by atoms with Crippen LogP contribution in [-0.4, -0.2) is 15.7 Å². The average molecular weight is 434 g/mol. The van der Waals surface area contributed by atoms with Gasteiger partial charge < -0.3 is 5.32 Å². The van der Waals surface area contributed by atoms with E-state index >= 15 is 0 Å². The molecule has 1 aliphatic rings. The van der Waals surface area contributed by atoms with Crippen LogP contribution in [0.4, 0.5) is 11.4 Å². The van der Waals surface area contributed by atoms with Gasteiger partial charge >= 0.3 is 0 Å². The van der Waals surface area contributed by atoms with E-state index in [0.717, 1.165) is 33.8 Å². The lowest BCUT2D eigenvalue weighted by molar-refractivity contribution is 0.0975. The second-order valence-corrected chi connectivity index (χ2v) is 8.08. The van der Waals surface area contributed by atoms with Crippen LogP contribution in [0.3, 0.4) is 0 Å². The van der Waals surface area contributed by atoms with E-state index in [4.69, 9.17) is 10.4 Å². The van der Waals surface area contributed by atoms with Crippen LogP contribution < -0.4 is 10.2 Å². The minimum Gasteiger partial charge on any atom is -0.360 e. The van der Waals surface area contributed by atoms with Gasteiger partial charge in [0.1, 0.15) is 6.17 Å². The zero-order valence-electron chi connectivity index (χ0n) is 18.3. The average Bonchev–Trinajstić information content (AvgIpc) is 3.27. The van der Waals surface area contributed by atoms with Crippen LogP contribution in [0, 0.1) is 18.3 Å². The molecule has 0 saturated heterocycles. The largest absolute Gasteiger partial charge is 0.360 e. The number of rotatable bonds is 5. The number of carbonyl (C=O) groups is 1. The first-order chi connectivity index (χ1) is 16.2. The van der Waals surface area contributed by atoms with Crippen LogP contribution in [0.1, 0.15) is 34.1 Å². The molecule has 1 atom stereocenters. The number of carbonyl (C=O) groups excluding carboxylic acids is 1. The van der Waals surface area contributed by atoms with Crippen molar-refractivity contribution in [2.75, 3.05) is 10.2 Å². The Morgan fingerprint density at radius 2 is 1.82 bits per heavy atom. The van der Waals surface area contributed by atoms with Gasteiger partial charge in [0.25, 0.3) is 5.91 Å². The molecule has 1 N–H and O–H groups in total. The Labute approximate surface area is 192 Å². The molecule has 1 amide bonds. The van der Waals surface area contributed by atoms with Crippen molar-refractivity contribution in [2.45, 2.75) is 26.1 Å². The fraction of sp³-hybridized carbons (Fsp3) is 0.148. The Morgan fingerprint density at radius 1 is 1.03 bits per heavy atom. The van der Waals surface area contributed by atoms with Crippen molar-refractivity contribution < 1.29 is 4.79 Å². The number of hydrogen-bond donors (Lipinski definition) is 1. The molecule has 162 valence electrons. The standard InChI is InChI=1S/C27H23N5O/c1-19-9-7-12-21(17-19)32-26(29-24-14-6-5-13-22(24)27(32)33)23-18-31(16-8-15-28)30-25(23)20-10-3-2-4-11-20/h2-7,9-14,17-18,26,29H,8,16H2,1H3. The summed E-state index contributed by atoms with van der Waals surface area (Å²) in [5.74, 6) is -0.0660. The van der Waals surface area contributed by atoms with Gasteiger partial charge in [0, 0.05) is 28.7 Å². The highest BCUT2D eigenvalue weighted by atomic mass is 16.2. The summed E-state index contributed by atoms with van der Waals surface area (Å²) in [5.41, 5.74) is 5.94. The third kappa shape index (κ3) is 3.85. The van der Waals surface area contributed by atoms with Crippen molar-refractivity contribution in [1.29, 1.82) is 5.26 Å². The molecule has 0 spiro atoms. The Balaban J connectivity index is 1.69. The number of benzene rings is 3. The Morgan fingerprint density at radius 3 is 2.61 bits per heavy atom. The number of nitrogens with zero attached hydrogens (tertiary/aromatic N) is 4. The van der Waals surface area contributed by atoms with E-state index in [9.17, 15) is 4.79 Å². The summed E-state index contributed by atoms with van der Waals surface area (Å²) in [6.45, 7) is 2.50. The zero-order chi connectivity index (χ0) is 22.8. The summed E-state index contributed by atoms with van der Waals surface area (Å²) in [6, 6.07) is 27.6. The summed E-state index contributed by atoms with van der Waals surface area (Å²) >= 11 is 0.